The van der Waals surface area contributed by atoms with Gasteiger partial charge in [-0.05, 0) is 80.6 Å². The fourth-order valence-electron chi connectivity index (χ4n) is 4.78. The summed E-state index contributed by atoms with van der Waals surface area (Å²) in [6, 6.07) is 12.1. The molecule has 164 valence electrons. The fraction of sp³-hybridized carbons (Fsp3) is 0.462. The molecule has 0 N–H and O–H groups in total. The van der Waals surface area contributed by atoms with E-state index in [0.29, 0.717) is 12.8 Å². The number of nitrogens with zero attached hydrogens (tertiary/aromatic N) is 2. The number of methoxy groups -OCH3 is 1. The molecule has 0 saturated carbocycles. The van der Waals surface area contributed by atoms with E-state index in [1.165, 1.54) is 11.1 Å². The summed E-state index contributed by atoms with van der Waals surface area (Å²) in [6.45, 7) is 2.76. The lowest BCUT2D eigenvalue weighted by Crippen LogP contribution is -2.31. The van der Waals surface area contributed by atoms with Gasteiger partial charge in [0.15, 0.2) is 5.78 Å². The molecule has 0 fully saturated rings. The number of ether oxygens (including phenoxy) is 1. The van der Waals surface area contributed by atoms with Crippen molar-refractivity contribution in [2.45, 2.75) is 44.9 Å². The number of carbonyl (C=O) groups excluding carboxylic acids is 2. The van der Waals surface area contributed by atoms with Crippen LogP contribution in [0.5, 0.6) is 5.75 Å². The van der Waals surface area contributed by atoms with E-state index < -0.39 is 0 Å². The molecule has 2 aliphatic heterocycles. The lowest BCUT2D eigenvalue weighted by atomic mass is 9.94. The molecule has 0 atom stereocenters. The van der Waals surface area contributed by atoms with E-state index in [9.17, 15) is 9.59 Å². The van der Waals surface area contributed by atoms with Crippen LogP contribution in [0.25, 0.3) is 0 Å². The van der Waals surface area contributed by atoms with Crippen LogP contribution in [0.4, 0.5) is 5.69 Å². The van der Waals surface area contributed by atoms with Gasteiger partial charge < -0.3 is 14.5 Å². The number of aryl methyl sites for hydroxylation is 1. The SMILES string of the molecule is COc1ccccc1CCN(C)CCCCC(=O)c1cc2c3c(c1)CC(=O)N3CCC2. The van der Waals surface area contributed by atoms with Gasteiger partial charge in [-0.15, -0.1) is 0 Å². The molecule has 0 bridgehead atoms. The molecule has 0 spiro atoms. The average molecular weight is 421 g/mol. The molecule has 0 unspecified atom stereocenters. The van der Waals surface area contributed by atoms with Crippen LogP contribution in [0.15, 0.2) is 36.4 Å². The Labute approximate surface area is 185 Å². The smallest absolute Gasteiger partial charge is 0.231 e. The first-order valence-electron chi connectivity index (χ1n) is 11.4. The molecule has 0 radical (unpaired) electrons. The molecular formula is C26H32N2O3. The van der Waals surface area contributed by atoms with Gasteiger partial charge >= 0.3 is 0 Å². The third-order valence-corrected chi connectivity index (χ3v) is 6.48. The second kappa shape index (κ2) is 9.65. The number of carbonyl (C=O) groups is 2. The minimum absolute atomic E-state index is 0.178. The minimum atomic E-state index is 0.178. The number of para-hydroxylation sites is 1. The van der Waals surface area contributed by atoms with Gasteiger partial charge in [0, 0.05) is 25.1 Å². The quantitative estimate of drug-likeness (QED) is 0.430. The molecule has 31 heavy (non-hydrogen) atoms. The molecule has 0 aliphatic carbocycles. The molecule has 2 aliphatic rings. The molecule has 2 aromatic rings. The highest BCUT2D eigenvalue weighted by atomic mass is 16.5. The predicted molar refractivity (Wildman–Crippen MR) is 123 cm³/mol. The summed E-state index contributed by atoms with van der Waals surface area (Å²) in [4.78, 5) is 29.2. The summed E-state index contributed by atoms with van der Waals surface area (Å²) in [5.74, 6) is 1.32. The van der Waals surface area contributed by atoms with Gasteiger partial charge in [-0.3, -0.25) is 9.59 Å². The summed E-state index contributed by atoms with van der Waals surface area (Å²) < 4.78 is 5.43. The van der Waals surface area contributed by atoms with E-state index in [1.807, 2.05) is 35.2 Å². The van der Waals surface area contributed by atoms with Crippen molar-refractivity contribution >= 4 is 17.4 Å². The van der Waals surface area contributed by atoms with Crippen LogP contribution in [0.1, 0.15) is 52.7 Å². The monoisotopic (exact) mass is 420 g/mol. The summed E-state index contributed by atoms with van der Waals surface area (Å²) in [7, 11) is 3.84. The summed E-state index contributed by atoms with van der Waals surface area (Å²) in [5.41, 5.74) is 5.32. The van der Waals surface area contributed by atoms with Crippen molar-refractivity contribution in [1.82, 2.24) is 4.90 Å². The van der Waals surface area contributed by atoms with E-state index in [4.69, 9.17) is 4.74 Å². The van der Waals surface area contributed by atoms with Gasteiger partial charge in [-0.25, -0.2) is 0 Å². The number of hydrogen-bond acceptors (Lipinski definition) is 4. The second-order valence-electron chi connectivity index (χ2n) is 8.71. The molecule has 0 saturated heterocycles. The topological polar surface area (TPSA) is 49.9 Å². The molecule has 5 heteroatoms. The molecular weight excluding hydrogens is 388 g/mol. The maximum absolute atomic E-state index is 12.8. The number of amides is 1. The minimum Gasteiger partial charge on any atom is -0.496 e. The number of hydrogen-bond donors (Lipinski definition) is 0. The molecule has 0 aromatic heterocycles. The first-order chi connectivity index (χ1) is 15.1. The fourth-order valence-corrected chi connectivity index (χ4v) is 4.78. The predicted octanol–water partition coefficient (Wildman–Crippen LogP) is 4.06. The Morgan fingerprint density at radius 1 is 1.13 bits per heavy atom. The Bertz CT molecular complexity index is 969. The zero-order valence-corrected chi connectivity index (χ0v) is 18.7. The zero-order valence-electron chi connectivity index (χ0n) is 18.7. The van der Waals surface area contributed by atoms with E-state index in [2.05, 4.69) is 18.0 Å². The molecule has 4 rings (SSSR count). The highest BCUT2D eigenvalue weighted by Crippen LogP contribution is 2.37. The highest BCUT2D eigenvalue weighted by molar-refractivity contribution is 6.05. The zero-order chi connectivity index (χ0) is 21.8. The summed E-state index contributed by atoms with van der Waals surface area (Å²) >= 11 is 0. The van der Waals surface area contributed by atoms with Gasteiger partial charge in [0.1, 0.15) is 5.75 Å². The maximum atomic E-state index is 12.8. The van der Waals surface area contributed by atoms with Crippen LogP contribution in [0.3, 0.4) is 0 Å². The Morgan fingerprint density at radius 2 is 1.94 bits per heavy atom. The third kappa shape index (κ3) is 4.82. The van der Waals surface area contributed by atoms with Gasteiger partial charge in [-0.1, -0.05) is 18.2 Å². The molecule has 2 heterocycles. The van der Waals surface area contributed by atoms with Crippen molar-refractivity contribution < 1.29 is 14.3 Å². The van der Waals surface area contributed by atoms with Crippen LogP contribution in [0.2, 0.25) is 0 Å². The van der Waals surface area contributed by atoms with E-state index in [0.717, 1.165) is 74.3 Å². The van der Waals surface area contributed by atoms with Crippen LogP contribution < -0.4 is 9.64 Å². The first kappa shape index (κ1) is 21.6. The van der Waals surface area contributed by atoms with Crippen molar-refractivity contribution in [3.8, 4) is 5.75 Å². The number of anilines is 1. The lowest BCUT2D eigenvalue weighted by molar-refractivity contribution is -0.117. The molecule has 5 nitrogen and oxygen atoms in total. The van der Waals surface area contributed by atoms with Crippen LogP contribution in [-0.4, -0.2) is 50.4 Å². The maximum Gasteiger partial charge on any atom is 0.231 e. The second-order valence-corrected chi connectivity index (χ2v) is 8.71. The van der Waals surface area contributed by atoms with Crippen molar-refractivity contribution in [3.05, 3.63) is 58.7 Å². The van der Waals surface area contributed by atoms with Crippen LogP contribution >= 0.6 is 0 Å². The largest absolute Gasteiger partial charge is 0.496 e. The summed E-state index contributed by atoms with van der Waals surface area (Å²) in [6.07, 6.45) is 5.79. The van der Waals surface area contributed by atoms with Gasteiger partial charge in [-0.2, -0.15) is 0 Å². The Balaban J connectivity index is 1.24. The van der Waals surface area contributed by atoms with Crippen LogP contribution in [0, 0.1) is 0 Å². The summed E-state index contributed by atoms with van der Waals surface area (Å²) in [5, 5.41) is 0. The van der Waals surface area contributed by atoms with Crippen LogP contribution in [-0.2, 0) is 24.1 Å². The Hall–Kier alpha value is -2.66. The normalized spacial score (nSPS) is 14.8. The van der Waals surface area contributed by atoms with Crippen molar-refractivity contribution in [2.75, 3.05) is 38.7 Å². The lowest BCUT2D eigenvalue weighted by Gasteiger charge is -2.25. The number of ketones is 1. The van der Waals surface area contributed by atoms with Crippen molar-refractivity contribution in [2.24, 2.45) is 0 Å². The average Bonchev–Trinajstić information content (AvgIpc) is 3.12. The molecule has 1 amide bonds. The Morgan fingerprint density at radius 3 is 2.77 bits per heavy atom. The van der Waals surface area contributed by atoms with E-state index in [-0.39, 0.29) is 11.7 Å². The third-order valence-electron chi connectivity index (χ3n) is 6.48. The van der Waals surface area contributed by atoms with Gasteiger partial charge in [0.2, 0.25) is 5.91 Å². The highest BCUT2D eigenvalue weighted by Gasteiger charge is 2.32. The first-order valence-corrected chi connectivity index (χ1v) is 11.4. The van der Waals surface area contributed by atoms with Crippen molar-refractivity contribution in [1.29, 1.82) is 0 Å². The number of rotatable bonds is 10. The number of unbranched alkanes of at least 4 members (excludes halogenated alkanes) is 1. The van der Waals surface area contributed by atoms with E-state index in [1.54, 1.807) is 7.11 Å². The molecule has 2 aromatic carbocycles. The number of likely N-dealkylation sites (N-methyl/N-ethyl adjacent to an activating group) is 1. The number of Topliss-reactive ketones (excluding diaryl/α,β-unsaturated/α-hetero) is 1. The van der Waals surface area contributed by atoms with Gasteiger partial charge in [0.05, 0.1) is 19.2 Å². The number of benzene rings is 2. The van der Waals surface area contributed by atoms with Crippen molar-refractivity contribution in [3.63, 3.8) is 0 Å². The Kier molecular flexibility index (Phi) is 6.71. The van der Waals surface area contributed by atoms with Gasteiger partial charge in [0.25, 0.3) is 0 Å². The standard InChI is InChI=1S/C26H32N2O3/c1-27(15-12-19-8-3-4-11-24(19)31-2)13-6-5-10-23(29)21-16-20-9-7-14-28-25(30)18-22(17-21)26(20)28/h3-4,8,11,16-17H,5-7,9-10,12-15,18H2,1-2H3. The van der Waals surface area contributed by atoms with E-state index >= 15 is 0 Å².